The van der Waals surface area contributed by atoms with Gasteiger partial charge in [-0.1, -0.05) is 0 Å². The summed E-state index contributed by atoms with van der Waals surface area (Å²) in [6.07, 6.45) is 5.53. The van der Waals surface area contributed by atoms with Crippen molar-refractivity contribution in [1.29, 1.82) is 0 Å². The van der Waals surface area contributed by atoms with Crippen LogP contribution in [0.2, 0.25) is 0 Å². The molecule has 2 aromatic rings. The van der Waals surface area contributed by atoms with Gasteiger partial charge in [0, 0.05) is 31.5 Å². The van der Waals surface area contributed by atoms with Gasteiger partial charge in [0.25, 0.3) is 0 Å². The highest BCUT2D eigenvalue weighted by Crippen LogP contribution is 2.17. The van der Waals surface area contributed by atoms with Crippen LogP contribution in [0.4, 0.5) is 5.69 Å². The normalized spacial score (nSPS) is 12.2. The van der Waals surface area contributed by atoms with Gasteiger partial charge in [-0.3, -0.25) is 9.97 Å². The monoisotopic (exact) mass is 256 g/mol. The number of aromatic nitrogens is 2. The van der Waals surface area contributed by atoms with Crippen LogP contribution in [-0.4, -0.2) is 16.5 Å². The Hall–Kier alpha value is -1.94. The zero-order valence-electron chi connectivity index (χ0n) is 11.5. The van der Waals surface area contributed by atoms with Gasteiger partial charge in [0.05, 0.1) is 17.6 Å². The Balaban J connectivity index is 2.13. The SMILES string of the molecule is CCN(Cc1ccncc1)c1ccc(C(C)N)nc1. The molecular weight excluding hydrogens is 236 g/mol. The van der Waals surface area contributed by atoms with E-state index in [9.17, 15) is 0 Å². The van der Waals surface area contributed by atoms with E-state index in [1.807, 2.05) is 43.7 Å². The van der Waals surface area contributed by atoms with E-state index >= 15 is 0 Å². The Morgan fingerprint density at radius 3 is 2.47 bits per heavy atom. The molecule has 0 saturated heterocycles. The van der Waals surface area contributed by atoms with Gasteiger partial charge < -0.3 is 10.6 Å². The first-order valence-corrected chi connectivity index (χ1v) is 6.56. The van der Waals surface area contributed by atoms with Crippen LogP contribution in [-0.2, 0) is 6.54 Å². The molecule has 4 nitrogen and oxygen atoms in total. The molecule has 0 aliphatic rings. The standard InChI is InChI=1S/C15H20N4/c1-3-19(11-13-6-8-17-9-7-13)14-4-5-15(12(2)16)18-10-14/h4-10,12H,3,11,16H2,1-2H3. The quantitative estimate of drug-likeness (QED) is 0.893. The summed E-state index contributed by atoms with van der Waals surface area (Å²) in [5, 5.41) is 0. The summed E-state index contributed by atoms with van der Waals surface area (Å²) >= 11 is 0. The fourth-order valence-corrected chi connectivity index (χ4v) is 1.95. The fourth-order valence-electron chi connectivity index (χ4n) is 1.95. The van der Waals surface area contributed by atoms with Gasteiger partial charge in [0.15, 0.2) is 0 Å². The van der Waals surface area contributed by atoms with Gasteiger partial charge in [0.1, 0.15) is 0 Å². The predicted molar refractivity (Wildman–Crippen MR) is 77.8 cm³/mol. The van der Waals surface area contributed by atoms with E-state index in [2.05, 4.69) is 27.9 Å². The van der Waals surface area contributed by atoms with Crippen molar-refractivity contribution in [3.8, 4) is 0 Å². The van der Waals surface area contributed by atoms with Crippen molar-refractivity contribution in [3.63, 3.8) is 0 Å². The summed E-state index contributed by atoms with van der Waals surface area (Å²) in [7, 11) is 0. The van der Waals surface area contributed by atoms with E-state index in [1.165, 1.54) is 5.56 Å². The highest BCUT2D eigenvalue weighted by molar-refractivity contribution is 5.45. The average Bonchev–Trinajstić information content (AvgIpc) is 2.46. The number of anilines is 1. The minimum Gasteiger partial charge on any atom is -0.366 e. The summed E-state index contributed by atoms with van der Waals surface area (Å²) < 4.78 is 0. The lowest BCUT2D eigenvalue weighted by Crippen LogP contribution is -2.22. The Morgan fingerprint density at radius 2 is 1.95 bits per heavy atom. The molecule has 0 saturated carbocycles. The second-order valence-corrected chi connectivity index (χ2v) is 4.60. The Kier molecular flexibility index (Phi) is 4.47. The second kappa shape index (κ2) is 6.29. The van der Waals surface area contributed by atoms with E-state index in [0.717, 1.165) is 24.5 Å². The Labute approximate surface area is 114 Å². The number of hydrogen-bond acceptors (Lipinski definition) is 4. The Bertz CT molecular complexity index is 493. The molecule has 2 aromatic heterocycles. The highest BCUT2D eigenvalue weighted by Gasteiger charge is 2.07. The summed E-state index contributed by atoms with van der Waals surface area (Å²) in [5.74, 6) is 0. The molecule has 0 aliphatic heterocycles. The van der Waals surface area contributed by atoms with Gasteiger partial charge in [0.2, 0.25) is 0 Å². The van der Waals surface area contributed by atoms with Crippen molar-refractivity contribution < 1.29 is 0 Å². The average molecular weight is 256 g/mol. The van der Waals surface area contributed by atoms with Gasteiger partial charge in [-0.15, -0.1) is 0 Å². The molecule has 0 radical (unpaired) electrons. The van der Waals surface area contributed by atoms with Gasteiger partial charge >= 0.3 is 0 Å². The number of nitrogens with two attached hydrogens (primary N) is 1. The van der Waals surface area contributed by atoms with Crippen molar-refractivity contribution in [1.82, 2.24) is 9.97 Å². The van der Waals surface area contributed by atoms with E-state index in [4.69, 9.17) is 5.73 Å². The molecule has 4 heteroatoms. The molecule has 100 valence electrons. The maximum Gasteiger partial charge on any atom is 0.0569 e. The molecule has 1 unspecified atom stereocenters. The molecule has 19 heavy (non-hydrogen) atoms. The number of nitrogens with zero attached hydrogens (tertiary/aromatic N) is 3. The van der Waals surface area contributed by atoms with Crippen molar-refractivity contribution in [2.75, 3.05) is 11.4 Å². The molecule has 1 atom stereocenters. The van der Waals surface area contributed by atoms with E-state index in [0.29, 0.717) is 0 Å². The van der Waals surface area contributed by atoms with E-state index in [-0.39, 0.29) is 6.04 Å². The number of rotatable bonds is 5. The molecule has 2 rings (SSSR count). The maximum absolute atomic E-state index is 5.81. The third-order valence-electron chi connectivity index (χ3n) is 3.11. The topological polar surface area (TPSA) is 55.0 Å². The molecule has 0 spiro atoms. The molecule has 0 bridgehead atoms. The first-order valence-electron chi connectivity index (χ1n) is 6.56. The minimum absolute atomic E-state index is 0.0238. The van der Waals surface area contributed by atoms with Gasteiger partial charge in [-0.25, -0.2) is 0 Å². The van der Waals surface area contributed by atoms with Crippen molar-refractivity contribution in [2.24, 2.45) is 5.73 Å². The highest BCUT2D eigenvalue weighted by atomic mass is 15.1. The third-order valence-corrected chi connectivity index (χ3v) is 3.11. The van der Waals surface area contributed by atoms with Crippen LogP contribution in [0.3, 0.4) is 0 Å². The second-order valence-electron chi connectivity index (χ2n) is 4.60. The lowest BCUT2D eigenvalue weighted by Gasteiger charge is -2.23. The van der Waals surface area contributed by atoms with Crippen molar-refractivity contribution in [3.05, 3.63) is 54.1 Å². The molecule has 0 aromatic carbocycles. The van der Waals surface area contributed by atoms with Crippen molar-refractivity contribution in [2.45, 2.75) is 26.4 Å². The zero-order chi connectivity index (χ0) is 13.7. The number of hydrogen-bond donors (Lipinski definition) is 1. The predicted octanol–water partition coefficient (Wildman–Crippen LogP) is 2.52. The summed E-state index contributed by atoms with van der Waals surface area (Å²) in [6.45, 7) is 5.87. The van der Waals surface area contributed by atoms with Gasteiger partial charge in [-0.2, -0.15) is 0 Å². The fraction of sp³-hybridized carbons (Fsp3) is 0.333. The zero-order valence-corrected chi connectivity index (χ0v) is 11.5. The molecule has 0 amide bonds. The summed E-state index contributed by atoms with van der Waals surface area (Å²) in [5.41, 5.74) is 9.09. The third kappa shape index (κ3) is 3.51. The maximum atomic E-state index is 5.81. The minimum atomic E-state index is -0.0238. The first kappa shape index (κ1) is 13.5. The molecular formula is C15H20N4. The van der Waals surface area contributed by atoms with Gasteiger partial charge in [-0.05, 0) is 43.7 Å². The largest absolute Gasteiger partial charge is 0.366 e. The van der Waals surface area contributed by atoms with Crippen LogP contribution in [0.5, 0.6) is 0 Å². The molecule has 2 heterocycles. The van der Waals surface area contributed by atoms with Crippen LogP contribution in [0.1, 0.15) is 31.1 Å². The number of pyridine rings is 2. The van der Waals surface area contributed by atoms with E-state index < -0.39 is 0 Å². The molecule has 2 N–H and O–H groups in total. The Morgan fingerprint density at radius 1 is 1.21 bits per heavy atom. The van der Waals surface area contributed by atoms with Crippen molar-refractivity contribution >= 4 is 5.69 Å². The van der Waals surface area contributed by atoms with Crippen LogP contribution >= 0.6 is 0 Å². The molecule has 0 fully saturated rings. The smallest absolute Gasteiger partial charge is 0.0569 e. The van der Waals surface area contributed by atoms with E-state index in [1.54, 1.807) is 0 Å². The summed E-state index contributed by atoms with van der Waals surface area (Å²) in [4.78, 5) is 10.7. The van der Waals surface area contributed by atoms with Crippen LogP contribution < -0.4 is 10.6 Å². The molecule has 0 aliphatic carbocycles. The van der Waals surface area contributed by atoms with Crippen LogP contribution in [0, 0.1) is 0 Å². The lowest BCUT2D eigenvalue weighted by molar-refractivity contribution is 0.774. The summed E-state index contributed by atoms with van der Waals surface area (Å²) in [6, 6.07) is 8.12. The lowest BCUT2D eigenvalue weighted by atomic mass is 10.2. The van der Waals surface area contributed by atoms with Crippen LogP contribution in [0.15, 0.2) is 42.9 Å². The first-order chi connectivity index (χ1) is 9.20. The van der Waals surface area contributed by atoms with Crippen LogP contribution in [0.25, 0.3) is 0 Å².